The summed E-state index contributed by atoms with van der Waals surface area (Å²) < 4.78 is 0. The van der Waals surface area contributed by atoms with Crippen LogP contribution in [0.2, 0.25) is 0 Å². The van der Waals surface area contributed by atoms with E-state index in [4.69, 9.17) is 5.73 Å². The van der Waals surface area contributed by atoms with E-state index in [9.17, 15) is 9.59 Å². The zero-order valence-corrected chi connectivity index (χ0v) is 16.3. The summed E-state index contributed by atoms with van der Waals surface area (Å²) in [7, 11) is 0. The van der Waals surface area contributed by atoms with Crippen LogP contribution in [0.1, 0.15) is 43.1 Å². The molecule has 5 nitrogen and oxygen atoms in total. The fourth-order valence-corrected chi connectivity index (χ4v) is 3.36. The van der Waals surface area contributed by atoms with Gasteiger partial charge in [0.25, 0.3) is 5.91 Å². The second-order valence-electron chi connectivity index (χ2n) is 7.19. The van der Waals surface area contributed by atoms with E-state index in [0.717, 1.165) is 12.0 Å². The Labute approximate surface area is 156 Å². The van der Waals surface area contributed by atoms with Crippen LogP contribution in [-0.4, -0.2) is 41.9 Å². The first-order valence-electron chi connectivity index (χ1n) is 8.72. The number of rotatable bonds is 5. The van der Waals surface area contributed by atoms with Crippen molar-refractivity contribution in [2.24, 2.45) is 17.6 Å². The largest absolute Gasteiger partial charge is 0.340 e. The van der Waals surface area contributed by atoms with E-state index in [1.165, 1.54) is 0 Å². The molecule has 1 aliphatic rings. The van der Waals surface area contributed by atoms with Crippen LogP contribution in [0.5, 0.6) is 0 Å². The fourth-order valence-electron chi connectivity index (χ4n) is 3.36. The van der Waals surface area contributed by atoms with Gasteiger partial charge in [-0.25, -0.2) is 0 Å². The first-order valence-corrected chi connectivity index (χ1v) is 8.72. The molecule has 1 fully saturated rings. The van der Waals surface area contributed by atoms with Crippen molar-refractivity contribution in [3.05, 3.63) is 35.4 Å². The number of amides is 2. The van der Waals surface area contributed by atoms with Crippen molar-refractivity contribution < 1.29 is 9.59 Å². The predicted molar refractivity (Wildman–Crippen MR) is 103 cm³/mol. The van der Waals surface area contributed by atoms with Gasteiger partial charge in [0, 0.05) is 18.2 Å². The van der Waals surface area contributed by atoms with Gasteiger partial charge in [-0.2, -0.15) is 0 Å². The third-order valence-corrected chi connectivity index (χ3v) is 4.89. The number of nitrogens with one attached hydrogen (secondary N) is 1. The van der Waals surface area contributed by atoms with Crippen LogP contribution in [0.3, 0.4) is 0 Å². The van der Waals surface area contributed by atoms with E-state index in [1.807, 2.05) is 50.8 Å². The van der Waals surface area contributed by atoms with Crippen LogP contribution in [-0.2, 0) is 4.79 Å². The highest BCUT2D eigenvalue weighted by Crippen LogP contribution is 2.24. The molecular formula is C19H30ClN3O2. The molecule has 2 amide bonds. The normalized spacial score (nSPS) is 21.0. The molecule has 1 aromatic rings. The molecule has 1 aliphatic heterocycles. The number of nitrogens with zero attached hydrogens (tertiary/aromatic N) is 1. The molecule has 0 bridgehead atoms. The van der Waals surface area contributed by atoms with Gasteiger partial charge in [-0.3, -0.25) is 9.59 Å². The van der Waals surface area contributed by atoms with Gasteiger partial charge in [0.1, 0.15) is 6.04 Å². The summed E-state index contributed by atoms with van der Waals surface area (Å²) in [6, 6.07) is 7.07. The summed E-state index contributed by atoms with van der Waals surface area (Å²) >= 11 is 0. The lowest BCUT2D eigenvalue weighted by Crippen LogP contribution is -2.52. The molecule has 6 heteroatoms. The number of carbonyl (C=O) groups is 2. The van der Waals surface area contributed by atoms with Gasteiger partial charge in [-0.1, -0.05) is 32.0 Å². The van der Waals surface area contributed by atoms with Crippen LogP contribution >= 0.6 is 12.4 Å². The molecule has 1 heterocycles. The summed E-state index contributed by atoms with van der Waals surface area (Å²) in [4.78, 5) is 27.5. The van der Waals surface area contributed by atoms with Crippen LogP contribution in [0.25, 0.3) is 0 Å². The quantitative estimate of drug-likeness (QED) is 0.838. The molecule has 1 aromatic carbocycles. The van der Waals surface area contributed by atoms with Crippen molar-refractivity contribution in [2.75, 3.05) is 13.1 Å². The number of nitrogens with two attached hydrogens (primary N) is 1. The van der Waals surface area contributed by atoms with Crippen LogP contribution < -0.4 is 11.1 Å². The second kappa shape index (κ2) is 9.20. The molecule has 1 saturated heterocycles. The maximum absolute atomic E-state index is 13.0. The second-order valence-corrected chi connectivity index (χ2v) is 7.19. The van der Waals surface area contributed by atoms with E-state index in [2.05, 4.69) is 5.32 Å². The van der Waals surface area contributed by atoms with Crippen molar-refractivity contribution in [1.29, 1.82) is 0 Å². The molecule has 3 unspecified atom stereocenters. The van der Waals surface area contributed by atoms with Gasteiger partial charge in [-0.05, 0) is 50.3 Å². The minimum absolute atomic E-state index is 0. The molecule has 0 saturated carbocycles. The van der Waals surface area contributed by atoms with Crippen molar-refractivity contribution in [3.8, 4) is 0 Å². The molecule has 25 heavy (non-hydrogen) atoms. The number of benzene rings is 1. The lowest BCUT2D eigenvalue weighted by atomic mass is 10.0. The summed E-state index contributed by atoms with van der Waals surface area (Å²) in [6.07, 6.45) is 0.929. The Bertz CT molecular complexity index is 606. The van der Waals surface area contributed by atoms with Gasteiger partial charge < -0.3 is 16.0 Å². The maximum atomic E-state index is 13.0. The average Bonchev–Trinajstić information content (AvgIpc) is 2.93. The Kier molecular flexibility index (Phi) is 7.90. The van der Waals surface area contributed by atoms with Gasteiger partial charge in [0.15, 0.2) is 0 Å². The number of carbonyl (C=O) groups excluding carboxylic acids is 2. The van der Waals surface area contributed by atoms with Crippen LogP contribution in [0.4, 0.5) is 0 Å². The Balaban J connectivity index is 0.00000312. The number of hydrogen-bond acceptors (Lipinski definition) is 3. The summed E-state index contributed by atoms with van der Waals surface area (Å²) in [6.45, 7) is 9.14. The van der Waals surface area contributed by atoms with Crippen LogP contribution in [0, 0.1) is 18.8 Å². The maximum Gasteiger partial charge on any atom is 0.252 e. The van der Waals surface area contributed by atoms with Crippen molar-refractivity contribution >= 4 is 24.2 Å². The number of aryl methyl sites for hydroxylation is 1. The van der Waals surface area contributed by atoms with Crippen LogP contribution in [0.15, 0.2) is 24.3 Å². The Morgan fingerprint density at radius 3 is 2.48 bits per heavy atom. The summed E-state index contributed by atoms with van der Waals surface area (Å²) in [5, 5.41) is 2.94. The highest BCUT2D eigenvalue weighted by Gasteiger charge is 2.36. The SMILES string of the molecule is Cc1ccccc1C(=O)NC(C(=O)N1CC(CN)CC1C)C(C)C.Cl. The first kappa shape index (κ1) is 21.5. The monoisotopic (exact) mass is 367 g/mol. The highest BCUT2D eigenvalue weighted by molar-refractivity contribution is 5.98. The third kappa shape index (κ3) is 4.95. The highest BCUT2D eigenvalue weighted by atomic mass is 35.5. The standard InChI is InChI=1S/C19H29N3O2.ClH/c1-12(2)17(19(24)22-11-15(10-20)9-14(22)4)21-18(23)16-8-6-5-7-13(16)3;/h5-8,12,14-15,17H,9-11,20H2,1-4H3,(H,21,23);1H. The Hall–Kier alpha value is -1.59. The molecule has 0 aliphatic carbocycles. The van der Waals surface area contributed by atoms with E-state index in [-0.39, 0.29) is 36.2 Å². The van der Waals surface area contributed by atoms with Gasteiger partial charge >= 0.3 is 0 Å². The van der Waals surface area contributed by atoms with Crippen molar-refractivity contribution in [3.63, 3.8) is 0 Å². The molecule has 0 aromatic heterocycles. The molecular weight excluding hydrogens is 338 g/mol. The number of likely N-dealkylation sites (tertiary alicyclic amines) is 1. The average molecular weight is 368 g/mol. The number of hydrogen-bond donors (Lipinski definition) is 2. The minimum atomic E-state index is -0.518. The molecule has 0 radical (unpaired) electrons. The lowest BCUT2D eigenvalue weighted by Gasteiger charge is -2.29. The molecule has 140 valence electrons. The van der Waals surface area contributed by atoms with Gasteiger partial charge in [0.05, 0.1) is 0 Å². The smallest absolute Gasteiger partial charge is 0.252 e. The predicted octanol–water partition coefficient (Wildman–Crippen LogP) is 2.37. The fraction of sp³-hybridized carbons (Fsp3) is 0.579. The van der Waals surface area contributed by atoms with E-state index in [1.54, 1.807) is 6.07 Å². The minimum Gasteiger partial charge on any atom is -0.340 e. The Morgan fingerprint density at radius 1 is 1.32 bits per heavy atom. The van der Waals surface area contributed by atoms with Crippen molar-refractivity contribution in [2.45, 2.75) is 46.2 Å². The summed E-state index contributed by atoms with van der Waals surface area (Å²) in [5.41, 5.74) is 7.28. The Morgan fingerprint density at radius 2 is 1.96 bits per heavy atom. The van der Waals surface area contributed by atoms with E-state index < -0.39 is 6.04 Å². The number of halogens is 1. The van der Waals surface area contributed by atoms with Gasteiger partial charge in [0.2, 0.25) is 5.91 Å². The molecule has 0 spiro atoms. The molecule has 3 atom stereocenters. The molecule has 2 rings (SSSR count). The zero-order valence-electron chi connectivity index (χ0n) is 15.5. The van der Waals surface area contributed by atoms with E-state index >= 15 is 0 Å². The lowest BCUT2D eigenvalue weighted by molar-refractivity contribution is -0.135. The first-order chi connectivity index (χ1) is 11.3. The third-order valence-electron chi connectivity index (χ3n) is 4.89. The van der Waals surface area contributed by atoms with Gasteiger partial charge in [-0.15, -0.1) is 12.4 Å². The zero-order chi connectivity index (χ0) is 17.9. The molecule has 3 N–H and O–H groups in total. The van der Waals surface area contributed by atoms with E-state index in [0.29, 0.717) is 24.6 Å². The van der Waals surface area contributed by atoms with Crippen molar-refractivity contribution in [1.82, 2.24) is 10.2 Å². The topological polar surface area (TPSA) is 75.4 Å². The summed E-state index contributed by atoms with van der Waals surface area (Å²) in [5.74, 6) is 0.177.